The van der Waals surface area contributed by atoms with Crippen LogP contribution in [0.25, 0.3) is 22.1 Å². The molecule has 156 valence electrons. The molecule has 2 aromatic carbocycles. The van der Waals surface area contributed by atoms with Gasteiger partial charge in [-0.15, -0.1) is 0 Å². The number of benzene rings is 2. The molecule has 0 aliphatic carbocycles. The monoisotopic (exact) mass is 470 g/mol. The Morgan fingerprint density at radius 2 is 1.73 bits per heavy atom. The van der Waals surface area contributed by atoms with Crippen LogP contribution >= 0.6 is 15.9 Å². The molecule has 2 aliphatic rings. The van der Waals surface area contributed by atoms with E-state index in [1.54, 1.807) is 6.26 Å². The molecular weight excluding hydrogens is 448 g/mol. The number of morpholine rings is 1. The second-order valence-corrected chi connectivity index (χ2v) is 8.60. The van der Waals surface area contributed by atoms with Crippen LogP contribution in [0.5, 0.6) is 5.75 Å². The van der Waals surface area contributed by atoms with Crippen molar-refractivity contribution in [2.45, 2.75) is 6.54 Å². The molecule has 0 amide bonds. The summed E-state index contributed by atoms with van der Waals surface area (Å²) in [6, 6.07) is 11.4. The van der Waals surface area contributed by atoms with Crippen LogP contribution in [-0.2, 0) is 11.3 Å². The third kappa shape index (κ3) is 3.90. The van der Waals surface area contributed by atoms with E-state index in [0.717, 1.165) is 60.7 Å². The van der Waals surface area contributed by atoms with E-state index in [1.165, 1.54) is 0 Å². The van der Waals surface area contributed by atoms with Crippen molar-refractivity contribution >= 4 is 26.9 Å². The lowest BCUT2D eigenvalue weighted by atomic mass is 10.0. The molecule has 0 saturated carbocycles. The Labute approximate surface area is 183 Å². The van der Waals surface area contributed by atoms with Crippen molar-refractivity contribution < 1.29 is 13.9 Å². The average Bonchev–Trinajstić information content (AvgIpc) is 2.79. The molecule has 1 fully saturated rings. The van der Waals surface area contributed by atoms with E-state index in [4.69, 9.17) is 13.9 Å². The minimum Gasteiger partial charge on any atom is -0.478 e. The molecule has 0 radical (unpaired) electrons. The summed E-state index contributed by atoms with van der Waals surface area (Å²) in [5, 5.41) is 0.591. The highest BCUT2D eigenvalue weighted by Gasteiger charge is 2.23. The summed E-state index contributed by atoms with van der Waals surface area (Å²) in [7, 11) is 0. The van der Waals surface area contributed by atoms with Gasteiger partial charge in [-0.25, -0.2) is 0 Å². The highest BCUT2D eigenvalue weighted by Crippen LogP contribution is 2.32. The number of hydrogen-bond acceptors (Lipinski definition) is 6. The SMILES string of the molecule is O=c1c(-c2ccc(Br)cc2)coc2c3c(ccc12)OCN(CCN1CCOCC1)C3. The second kappa shape index (κ2) is 8.51. The Balaban J connectivity index is 1.41. The van der Waals surface area contributed by atoms with E-state index < -0.39 is 0 Å². The van der Waals surface area contributed by atoms with Crippen molar-refractivity contribution in [3.05, 3.63) is 62.9 Å². The molecular formula is C23H23BrN2O4. The van der Waals surface area contributed by atoms with Crippen molar-refractivity contribution in [2.24, 2.45) is 0 Å². The van der Waals surface area contributed by atoms with Crippen LogP contribution in [-0.4, -0.2) is 55.9 Å². The number of halogens is 1. The lowest BCUT2D eigenvalue weighted by Crippen LogP contribution is -2.43. The van der Waals surface area contributed by atoms with Gasteiger partial charge in [0.05, 0.1) is 29.7 Å². The van der Waals surface area contributed by atoms with Crippen LogP contribution in [0.1, 0.15) is 5.56 Å². The summed E-state index contributed by atoms with van der Waals surface area (Å²) in [5.74, 6) is 0.796. The Hall–Kier alpha value is -2.19. The summed E-state index contributed by atoms with van der Waals surface area (Å²) in [4.78, 5) is 17.8. The molecule has 0 spiro atoms. The maximum Gasteiger partial charge on any atom is 0.200 e. The Morgan fingerprint density at radius 3 is 2.53 bits per heavy atom. The van der Waals surface area contributed by atoms with Crippen molar-refractivity contribution in [1.29, 1.82) is 0 Å². The van der Waals surface area contributed by atoms with Gasteiger partial charge in [-0.05, 0) is 29.8 Å². The molecule has 3 heterocycles. The molecule has 0 bridgehead atoms. The van der Waals surface area contributed by atoms with Gasteiger partial charge in [-0.1, -0.05) is 28.1 Å². The van der Waals surface area contributed by atoms with Gasteiger partial charge in [0, 0.05) is 37.2 Å². The highest BCUT2D eigenvalue weighted by molar-refractivity contribution is 9.10. The topological polar surface area (TPSA) is 55.2 Å². The van der Waals surface area contributed by atoms with Crippen LogP contribution in [0.4, 0.5) is 0 Å². The first kappa shape index (κ1) is 19.8. The summed E-state index contributed by atoms with van der Waals surface area (Å²) >= 11 is 3.43. The summed E-state index contributed by atoms with van der Waals surface area (Å²) in [6.07, 6.45) is 1.57. The van der Waals surface area contributed by atoms with Crippen molar-refractivity contribution in [2.75, 3.05) is 46.1 Å². The lowest BCUT2D eigenvalue weighted by molar-refractivity contribution is 0.0241. The maximum atomic E-state index is 13.2. The number of rotatable bonds is 4. The van der Waals surface area contributed by atoms with E-state index in [1.807, 2.05) is 36.4 Å². The Kier molecular flexibility index (Phi) is 5.60. The van der Waals surface area contributed by atoms with Crippen molar-refractivity contribution in [1.82, 2.24) is 9.80 Å². The largest absolute Gasteiger partial charge is 0.478 e. The highest BCUT2D eigenvalue weighted by atomic mass is 79.9. The Morgan fingerprint density at radius 1 is 0.967 bits per heavy atom. The van der Waals surface area contributed by atoms with E-state index in [9.17, 15) is 4.79 Å². The zero-order chi connectivity index (χ0) is 20.5. The second-order valence-electron chi connectivity index (χ2n) is 7.68. The van der Waals surface area contributed by atoms with Crippen LogP contribution in [0.2, 0.25) is 0 Å². The fraction of sp³-hybridized carbons (Fsp3) is 0.348. The van der Waals surface area contributed by atoms with Gasteiger partial charge in [-0.2, -0.15) is 0 Å². The van der Waals surface area contributed by atoms with Gasteiger partial charge in [0.1, 0.15) is 24.3 Å². The minimum atomic E-state index is -0.0215. The van der Waals surface area contributed by atoms with Crippen molar-refractivity contribution in [3.63, 3.8) is 0 Å². The molecule has 0 N–H and O–H groups in total. The number of nitrogens with zero attached hydrogens (tertiary/aromatic N) is 2. The minimum absolute atomic E-state index is 0.0215. The van der Waals surface area contributed by atoms with Crippen LogP contribution in [0, 0.1) is 0 Å². The molecule has 1 aromatic heterocycles. The number of ether oxygens (including phenoxy) is 2. The molecule has 2 aliphatic heterocycles. The van der Waals surface area contributed by atoms with Gasteiger partial charge >= 0.3 is 0 Å². The first-order valence-corrected chi connectivity index (χ1v) is 11.0. The summed E-state index contributed by atoms with van der Waals surface area (Å²) in [5.41, 5.74) is 2.95. The molecule has 3 aromatic rings. The molecule has 0 atom stereocenters. The maximum absolute atomic E-state index is 13.2. The normalized spacial score (nSPS) is 17.6. The lowest BCUT2D eigenvalue weighted by Gasteiger charge is -2.32. The quantitative estimate of drug-likeness (QED) is 0.579. The number of fused-ring (bicyclic) bond motifs is 3. The third-order valence-electron chi connectivity index (χ3n) is 5.78. The zero-order valence-corrected chi connectivity index (χ0v) is 18.2. The van der Waals surface area contributed by atoms with Crippen LogP contribution in [0.3, 0.4) is 0 Å². The third-order valence-corrected chi connectivity index (χ3v) is 6.31. The average molecular weight is 471 g/mol. The first-order valence-electron chi connectivity index (χ1n) is 10.2. The van der Waals surface area contributed by atoms with Gasteiger partial charge < -0.3 is 13.9 Å². The molecule has 7 heteroatoms. The number of hydrogen-bond donors (Lipinski definition) is 0. The van der Waals surface area contributed by atoms with Gasteiger partial charge in [0.2, 0.25) is 5.43 Å². The van der Waals surface area contributed by atoms with E-state index in [2.05, 4.69) is 25.7 Å². The molecule has 0 unspecified atom stereocenters. The van der Waals surface area contributed by atoms with Crippen LogP contribution in [0.15, 0.2) is 56.3 Å². The van der Waals surface area contributed by atoms with E-state index in [0.29, 0.717) is 29.8 Å². The Bertz CT molecular complexity index is 1110. The van der Waals surface area contributed by atoms with E-state index in [-0.39, 0.29) is 5.43 Å². The van der Waals surface area contributed by atoms with Gasteiger partial charge in [0.15, 0.2) is 0 Å². The summed E-state index contributed by atoms with van der Waals surface area (Å²) in [6.45, 7) is 6.68. The van der Waals surface area contributed by atoms with Crippen molar-refractivity contribution in [3.8, 4) is 16.9 Å². The molecule has 30 heavy (non-hydrogen) atoms. The predicted molar refractivity (Wildman–Crippen MR) is 119 cm³/mol. The molecule has 1 saturated heterocycles. The fourth-order valence-corrected chi connectivity index (χ4v) is 4.30. The smallest absolute Gasteiger partial charge is 0.200 e. The predicted octanol–water partition coefficient (Wildman–Crippen LogP) is 3.71. The van der Waals surface area contributed by atoms with Crippen LogP contribution < -0.4 is 10.2 Å². The molecule has 5 rings (SSSR count). The first-order chi connectivity index (χ1) is 14.7. The molecule has 6 nitrogen and oxygen atoms in total. The fourth-order valence-electron chi connectivity index (χ4n) is 4.03. The van der Waals surface area contributed by atoms with Gasteiger partial charge in [-0.3, -0.25) is 14.6 Å². The van der Waals surface area contributed by atoms with E-state index >= 15 is 0 Å². The zero-order valence-electron chi connectivity index (χ0n) is 16.6. The van der Waals surface area contributed by atoms with Gasteiger partial charge in [0.25, 0.3) is 0 Å². The summed E-state index contributed by atoms with van der Waals surface area (Å²) < 4.78 is 18.4. The standard InChI is InChI=1S/C23H23BrN2O4/c24-17-3-1-16(2-4-17)20-14-29-23-18(22(20)27)5-6-21-19(23)13-26(15-30-21)8-7-25-9-11-28-12-10-25/h1-6,14H,7-13,15H2.